The molecule has 1 unspecified atom stereocenters. The lowest BCUT2D eigenvalue weighted by atomic mass is 10.0. The summed E-state index contributed by atoms with van der Waals surface area (Å²) in [5.41, 5.74) is 0. The van der Waals surface area contributed by atoms with Crippen LogP contribution in [0, 0.1) is 11.8 Å². The van der Waals surface area contributed by atoms with Crippen molar-refractivity contribution < 1.29 is 0 Å². The average molecular weight is 218 g/mol. The van der Waals surface area contributed by atoms with Gasteiger partial charge in [-0.25, -0.2) is 0 Å². The first-order valence-electron chi connectivity index (χ1n) is 6.13. The van der Waals surface area contributed by atoms with Crippen molar-refractivity contribution in [2.75, 3.05) is 19.0 Å². The highest BCUT2D eigenvalue weighted by Crippen LogP contribution is 2.31. The monoisotopic (exact) mass is 217 g/mol. The van der Waals surface area contributed by atoms with E-state index in [4.69, 9.17) is 11.6 Å². The molecule has 1 nitrogen and oxygen atoms in total. The number of rotatable bonds is 9. The summed E-state index contributed by atoms with van der Waals surface area (Å²) in [4.78, 5) is 0. The number of alkyl halides is 1. The summed E-state index contributed by atoms with van der Waals surface area (Å²) in [7, 11) is 0. The van der Waals surface area contributed by atoms with Crippen molar-refractivity contribution in [1.82, 2.24) is 5.32 Å². The van der Waals surface area contributed by atoms with Crippen LogP contribution in [-0.4, -0.2) is 19.0 Å². The molecule has 0 aliphatic heterocycles. The molecule has 0 radical (unpaired) electrons. The summed E-state index contributed by atoms with van der Waals surface area (Å²) >= 11 is 5.78. The average Bonchev–Trinajstić information content (AvgIpc) is 2.96. The molecular weight excluding hydrogens is 194 g/mol. The SMILES string of the molecule is CCCC(CCCl)CNCCC1CC1. The third kappa shape index (κ3) is 5.87. The predicted molar refractivity (Wildman–Crippen MR) is 63.9 cm³/mol. The van der Waals surface area contributed by atoms with Crippen molar-refractivity contribution >= 4 is 11.6 Å². The minimum Gasteiger partial charge on any atom is -0.316 e. The van der Waals surface area contributed by atoms with E-state index >= 15 is 0 Å². The molecule has 1 fully saturated rings. The summed E-state index contributed by atoms with van der Waals surface area (Å²) in [6.07, 6.45) is 8.12. The van der Waals surface area contributed by atoms with Crippen LogP contribution in [0.25, 0.3) is 0 Å². The molecule has 0 bridgehead atoms. The molecular formula is C12H24ClN. The quantitative estimate of drug-likeness (QED) is 0.461. The van der Waals surface area contributed by atoms with Crippen molar-refractivity contribution in [1.29, 1.82) is 0 Å². The van der Waals surface area contributed by atoms with Crippen molar-refractivity contribution in [3.05, 3.63) is 0 Å². The van der Waals surface area contributed by atoms with Crippen LogP contribution in [0.5, 0.6) is 0 Å². The first kappa shape index (κ1) is 12.3. The van der Waals surface area contributed by atoms with Crippen LogP contribution >= 0.6 is 11.6 Å². The molecule has 1 N–H and O–H groups in total. The zero-order valence-corrected chi connectivity index (χ0v) is 10.2. The highest BCUT2D eigenvalue weighted by molar-refractivity contribution is 6.17. The van der Waals surface area contributed by atoms with E-state index in [1.165, 1.54) is 51.6 Å². The molecule has 0 aromatic heterocycles. The maximum atomic E-state index is 5.78. The summed E-state index contributed by atoms with van der Waals surface area (Å²) in [5, 5.41) is 3.57. The molecule has 0 amide bonds. The second-order valence-electron chi connectivity index (χ2n) is 4.57. The number of nitrogens with one attached hydrogen (secondary N) is 1. The van der Waals surface area contributed by atoms with Gasteiger partial charge < -0.3 is 5.32 Å². The van der Waals surface area contributed by atoms with Crippen molar-refractivity contribution in [3.63, 3.8) is 0 Å². The van der Waals surface area contributed by atoms with E-state index in [9.17, 15) is 0 Å². The molecule has 1 saturated carbocycles. The molecule has 1 aliphatic carbocycles. The van der Waals surface area contributed by atoms with E-state index in [2.05, 4.69) is 12.2 Å². The van der Waals surface area contributed by atoms with Crippen molar-refractivity contribution in [2.24, 2.45) is 11.8 Å². The normalized spacial score (nSPS) is 18.4. The molecule has 84 valence electrons. The molecule has 1 rings (SSSR count). The Kier molecular flexibility index (Phi) is 6.63. The lowest BCUT2D eigenvalue weighted by Crippen LogP contribution is -2.24. The third-order valence-corrected chi connectivity index (χ3v) is 3.29. The van der Waals surface area contributed by atoms with Gasteiger partial charge in [0.25, 0.3) is 0 Å². The van der Waals surface area contributed by atoms with Gasteiger partial charge in [-0.2, -0.15) is 0 Å². The van der Waals surface area contributed by atoms with Crippen LogP contribution in [-0.2, 0) is 0 Å². The van der Waals surface area contributed by atoms with Gasteiger partial charge in [0, 0.05) is 5.88 Å². The van der Waals surface area contributed by atoms with Gasteiger partial charge in [-0.15, -0.1) is 11.6 Å². The second-order valence-corrected chi connectivity index (χ2v) is 4.95. The fraction of sp³-hybridized carbons (Fsp3) is 1.00. The van der Waals surface area contributed by atoms with Crippen LogP contribution in [0.3, 0.4) is 0 Å². The molecule has 0 aromatic rings. The Labute approximate surface area is 93.6 Å². The Bertz CT molecular complexity index is 128. The Hall–Kier alpha value is 0.250. The fourth-order valence-electron chi connectivity index (χ4n) is 1.93. The van der Waals surface area contributed by atoms with Gasteiger partial charge in [0.2, 0.25) is 0 Å². The maximum absolute atomic E-state index is 5.78. The van der Waals surface area contributed by atoms with Gasteiger partial charge in [0.05, 0.1) is 0 Å². The minimum atomic E-state index is 0.803. The molecule has 2 heteroatoms. The molecule has 0 heterocycles. The lowest BCUT2D eigenvalue weighted by molar-refractivity contribution is 0.426. The highest BCUT2D eigenvalue weighted by atomic mass is 35.5. The van der Waals surface area contributed by atoms with Crippen LogP contribution in [0.4, 0.5) is 0 Å². The molecule has 1 atom stereocenters. The fourth-order valence-corrected chi connectivity index (χ4v) is 2.24. The van der Waals surface area contributed by atoms with Crippen molar-refractivity contribution in [3.8, 4) is 0 Å². The van der Waals surface area contributed by atoms with E-state index in [1.54, 1.807) is 0 Å². The number of hydrogen-bond acceptors (Lipinski definition) is 1. The van der Waals surface area contributed by atoms with Gasteiger partial charge in [0.1, 0.15) is 0 Å². The smallest absolute Gasteiger partial charge is 0.0226 e. The molecule has 0 aromatic carbocycles. The summed E-state index contributed by atoms with van der Waals surface area (Å²) in [6.45, 7) is 4.64. The topological polar surface area (TPSA) is 12.0 Å². The van der Waals surface area contributed by atoms with E-state index in [-0.39, 0.29) is 0 Å². The molecule has 0 saturated heterocycles. The van der Waals surface area contributed by atoms with Gasteiger partial charge in [-0.3, -0.25) is 0 Å². The largest absolute Gasteiger partial charge is 0.316 e. The van der Waals surface area contributed by atoms with Crippen LogP contribution in [0.15, 0.2) is 0 Å². The molecule has 1 aliphatic rings. The van der Waals surface area contributed by atoms with E-state index in [0.717, 1.165) is 17.7 Å². The summed E-state index contributed by atoms with van der Waals surface area (Å²) in [5.74, 6) is 2.67. The summed E-state index contributed by atoms with van der Waals surface area (Å²) in [6, 6.07) is 0. The predicted octanol–water partition coefficient (Wildman–Crippen LogP) is 3.42. The van der Waals surface area contributed by atoms with Gasteiger partial charge in [0.15, 0.2) is 0 Å². The first-order valence-corrected chi connectivity index (χ1v) is 6.67. The van der Waals surface area contributed by atoms with E-state index in [0.29, 0.717) is 0 Å². The Morgan fingerprint density at radius 1 is 1.36 bits per heavy atom. The third-order valence-electron chi connectivity index (χ3n) is 3.07. The number of hydrogen-bond donors (Lipinski definition) is 1. The van der Waals surface area contributed by atoms with Crippen LogP contribution in [0.2, 0.25) is 0 Å². The Balaban J connectivity index is 1.93. The minimum absolute atomic E-state index is 0.803. The first-order chi connectivity index (χ1) is 6.86. The molecule has 14 heavy (non-hydrogen) atoms. The van der Waals surface area contributed by atoms with E-state index < -0.39 is 0 Å². The second kappa shape index (κ2) is 7.53. The Morgan fingerprint density at radius 3 is 2.71 bits per heavy atom. The zero-order chi connectivity index (χ0) is 10.2. The zero-order valence-electron chi connectivity index (χ0n) is 9.40. The Morgan fingerprint density at radius 2 is 2.14 bits per heavy atom. The highest BCUT2D eigenvalue weighted by Gasteiger charge is 2.20. The standard InChI is InChI=1S/C12H24ClN/c1-2-3-12(6-8-13)10-14-9-7-11-4-5-11/h11-12,14H,2-10H2,1H3. The van der Waals surface area contributed by atoms with Gasteiger partial charge >= 0.3 is 0 Å². The number of halogens is 1. The van der Waals surface area contributed by atoms with Crippen LogP contribution < -0.4 is 5.32 Å². The van der Waals surface area contributed by atoms with Crippen LogP contribution in [0.1, 0.15) is 45.4 Å². The maximum Gasteiger partial charge on any atom is 0.0226 e. The van der Waals surface area contributed by atoms with Crippen molar-refractivity contribution in [2.45, 2.75) is 45.4 Å². The lowest BCUT2D eigenvalue weighted by Gasteiger charge is -2.15. The molecule has 0 spiro atoms. The van der Waals surface area contributed by atoms with Gasteiger partial charge in [-0.05, 0) is 44.2 Å². The van der Waals surface area contributed by atoms with Gasteiger partial charge in [-0.1, -0.05) is 26.2 Å². The summed E-state index contributed by atoms with van der Waals surface area (Å²) < 4.78 is 0. The van der Waals surface area contributed by atoms with E-state index in [1.807, 2.05) is 0 Å².